The van der Waals surface area contributed by atoms with Gasteiger partial charge < -0.3 is 19.5 Å². The van der Waals surface area contributed by atoms with E-state index in [2.05, 4.69) is 5.32 Å². The summed E-state index contributed by atoms with van der Waals surface area (Å²) in [5, 5.41) is 14.0. The molecular weight excluding hydrogens is 425 g/mol. The number of anilines is 2. The first-order valence-electron chi connectivity index (χ1n) is 8.08. The Labute approximate surface area is 170 Å². The quantitative estimate of drug-likeness (QED) is 0.467. The number of halogens is 1. The summed E-state index contributed by atoms with van der Waals surface area (Å²) in [5.74, 6) is -2.23. The number of rotatable bonds is 8. The molecule has 0 aliphatic carbocycles. The molecule has 13 heteroatoms. The lowest BCUT2D eigenvalue weighted by molar-refractivity contribution is -0.386. The van der Waals surface area contributed by atoms with Gasteiger partial charge in [-0.25, -0.2) is 12.8 Å². The van der Waals surface area contributed by atoms with Gasteiger partial charge in [0.2, 0.25) is 21.5 Å². The average molecular weight is 443 g/mol. The summed E-state index contributed by atoms with van der Waals surface area (Å²) in [6.45, 7) is 0. The molecule has 0 heterocycles. The van der Waals surface area contributed by atoms with Crippen LogP contribution in [0.5, 0.6) is 17.2 Å². The monoisotopic (exact) mass is 443 g/mol. The molecule has 0 saturated carbocycles. The molecule has 30 heavy (non-hydrogen) atoms. The topological polar surface area (TPSA) is 146 Å². The van der Waals surface area contributed by atoms with E-state index in [4.69, 9.17) is 14.2 Å². The molecule has 2 rings (SSSR count). The molecule has 0 aliphatic rings. The van der Waals surface area contributed by atoms with Gasteiger partial charge in [-0.3, -0.25) is 19.6 Å². The van der Waals surface area contributed by atoms with E-state index in [1.54, 1.807) is 0 Å². The number of nitrogens with one attached hydrogen (secondary N) is 2. The Bertz CT molecular complexity index is 1100. The maximum Gasteiger partial charge on any atom is 0.327 e. The summed E-state index contributed by atoms with van der Waals surface area (Å²) in [4.78, 5) is 23.5. The molecule has 162 valence electrons. The van der Waals surface area contributed by atoms with Crippen LogP contribution in [0.1, 0.15) is 10.4 Å². The number of nitrogens with zero attached hydrogens (tertiary/aromatic N) is 1. The third kappa shape index (κ3) is 4.86. The number of nitro groups is 1. The zero-order valence-corrected chi connectivity index (χ0v) is 17.1. The lowest BCUT2D eigenvalue weighted by atomic mass is 10.1. The van der Waals surface area contributed by atoms with E-state index in [-0.39, 0.29) is 22.9 Å². The third-order valence-electron chi connectivity index (χ3n) is 3.75. The van der Waals surface area contributed by atoms with Gasteiger partial charge >= 0.3 is 5.69 Å². The molecule has 0 atom stereocenters. The van der Waals surface area contributed by atoms with Gasteiger partial charge in [0.05, 0.1) is 38.2 Å². The summed E-state index contributed by atoms with van der Waals surface area (Å²) >= 11 is 0. The van der Waals surface area contributed by atoms with Crippen molar-refractivity contribution in [3.05, 3.63) is 45.8 Å². The van der Waals surface area contributed by atoms with Crippen molar-refractivity contribution in [1.29, 1.82) is 0 Å². The van der Waals surface area contributed by atoms with Gasteiger partial charge in [-0.2, -0.15) is 0 Å². The van der Waals surface area contributed by atoms with Gasteiger partial charge in [-0.05, 0) is 18.2 Å². The van der Waals surface area contributed by atoms with Gasteiger partial charge in [0, 0.05) is 11.8 Å². The highest BCUT2D eigenvalue weighted by molar-refractivity contribution is 7.92. The fourth-order valence-corrected chi connectivity index (χ4v) is 3.13. The highest BCUT2D eigenvalue weighted by Crippen LogP contribution is 2.46. The number of carbonyl (C=O) groups excluding carboxylic acids is 1. The Kier molecular flexibility index (Phi) is 6.66. The zero-order valence-electron chi connectivity index (χ0n) is 16.3. The van der Waals surface area contributed by atoms with E-state index in [1.165, 1.54) is 14.2 Å². The molecule has 2 N–H and O–H groups in total. The Hall–Kier alpha value is -3.61. The minimum Gasteiger partial charge on any atom is -0.493 e. The molecule has 2 aromatic rings. The minimum atomic E-state index is -3.78. The van der Waals surface area contributed by atoms with Crippen LogP contribution in [0.25, 0.3) is 0 Å². The van der Waals surface area contributed by atoms with E-state index in [1.807, 2.05) is 4.72 Å². The molecular formula is C17H18FN3O8S. The zero-order chi connectivity index (χ0) is 22.6. The Morgan fingerprint density at radius 1 is 1.10 bits per heavy atom. The minimum absolute atomic E-state index is 0.00337. The van der Waals surface area contributed by atoms with Gasteiger partial charge in [0.1, 0.15) is 11.4 Å². The molecule has 0 bridgehead atoms. The van der Waals surface area contributed by atoms with Crippen LogP contribution in [0.2, 0.25) is 0 Å². The standard InChI is InChI=1S/C17H18FN3O8S/c1-27-13-8-10(14(21(23)24)16(29-3)15(13)28-2)17(22)19-9-5-6-11(18)12(7-9)20-30(4,25)26/h5-8,20H,1-4H3,(H,19,22). The Morgan fingerprint density at radius 3 is 2.23 bits per heavy atom. The van der Waals surface area contributed by atoms with E-state index in [0.29, 0.717) is 0 Å². The largest absolute Gasteiger partial charge is 0.493 e. The molecule has 0 aromatic heterocycles. The number of benzene rings is 2. The van der Waals surface area contributed by atoms with Crippen LogP contribution in [-0.2, 0) is 10.0 Å². The van der Waals surface area contributed by atoms with Crippen LogP contribution in [0.4, 0.5) is 21.5 Å². The predicted molar refractivity (Wildman–Crippen MR) is 106 cm³/mol. The number of nitro benzene ring substituents is 1. The summed E-state index contributed by atoms with van der Waals surface area (Å²) in [7, 11) is -0.0975. The smallest absolute Gasteiger partial charge is 0.327 e. The second-order valence-electron chi connectivity index (χ2n) is 5.82. The van der Waals surface area contributed by atoms with Crippen LogP contribution >= 0.6 is 0 Å². The SMILES string of the molecule is COc1cc(C(=O)Nc2ccc(F)c(NS(C)(=O)=O)c2)c([N+](=O)[O-])c(OC)c1OC. The highest BCUT2D eigenvalue weighted by Gasteiger charge is 2.32. The van der Waals surface area contributed by atoms with Gasteiger partial charge in [-0.15, -0.1) is 0 Å². The van der Waals surface area contributed by atoms with E-state index < -0.39 is 43.6 Å². The molecule has 0 fully saturated rings. The Balaban J connectivity index is 2.54. The molecule has 1 amide bonds. The molecule has 0 radical (unpaired) electrons. The van der Waals surface area contributed by atoms with Crippen LogP contribution in [0, 0.1) is 15.9 Å². The molecule has 0 unspecified atom stereocenters. The molecule has 2 aromatic carbocycles. The van der Waals surface area contributed by atoms with Crippen molar-refractivity contribution in [2.24, 2.45) is 0 Å². The van der Waals surface area contributed by atoms with Gasteiger partial charge in [0.15, 0.2) is 5.75 Å². The summed E-state index contributed by atoms with van der Waals surface area (Å²) in [6.07, 6.45) is 0.830. The number of hydrogen-bond acceptors (Lipinski definition) is 8. The second-order valence-corrected chi connectivity index (χ2v) is 7.57. The maximum absolute atomic E-state index is 13.8. The number of hydrogen-bond donors (Lipinski definition) is 2. The normalized spacial score (nSPS) is 10.8. The molecule has 0 aliphatic heterocycles. The lowest BCUT2D eigenvalue weighted by Gasteiger charge is -2.15. The van der Waals surface area contributed by atoms with Gasteiger partial charge in [0.25, 0.3) is 5.91 Å². The predicted octanol–water partition coefficient (Wildman–Crippen LogP) is 2.38. The second kappa shape index (κ2) is 8.82. The number of amides is 1. The van der Waals surface area contributed by atoms with Crippen LogP contribution in [0.3, 0.4) is 0 Å². The number of carbonyl (C=O) groups is 1. The Morgan fingerprint density at radius 2 is 1.73 bits per heavy atom. The highest BCUT2D eigenvalue weighted by atomic mass is 32.2. The van der Waals surface area contributed by atoms with Crippen LogP contribution in [0.15, 0.2) is 24.3 Å². The average Bonchev–Trinajstić information content (AvgIpc) is 2.67. The van der Waals surface area contributed by atoms with Crippen molar-refractivity contribution in [3.63, 3.8) is 0 Å². The van der Waals surface area contributed by atoms with Crippen molar-refractivity contribution in [2.45, 2.75) is 0 Å². The van der Waals surface area contributed by atoms with Crippen LogP contribution < -0.4 is 24.2 Å². The summed E-state index contributed by atoms with van der Waals surface area (Å²) in [6, 6.07) is 4.20. The fourth-order valence-electron chi connectivity index (χ4n) is 2.57. The van der Waals surface area contributed by atoms with Crippen molar-refractivity contribution < 1.29 is 36.7 Å². The first-order chi connectivity index (χ1) is 14.0. The van der Waals surface area contributed by atoms with Gasteiger partial charge in [-0.1, -0.05) is 0 Å². The summed E-state index contributed by atoms with van der Waals surface area (Å²) < 4.78 is 53.7. The first-order valence-corrected chi connectivity index (χ1v) is 9.97. The molecule has 0 spiro atoms. The first kappa shape index (κ1) is 22.7. The third-order valence-corrected chi connectivity index (χ3v) is 4.34. The molecule has 0 saturated heterocycles. The fraction of sp³-hybridized carbons (Fsp3) is 0.235. The molecule has 11 nitrogen and oxygen atoms in total. The van der Waals surface area contributed by atoms with E-state index >= 15 is 0 Å². The van der Waals surface area contributed by atoms with Crippen molar-refractivity contribution in [3.8, 4) is 17.2 Å². The van der Waals surface area contributed by atoms with Crippen molar-refractivity contribution in [1.82, 2.24) is 0 Å². The lowest BCUT2D eigenvalue weighted by Crippen LogP contribution is -2.16. The number of sulfonamides is 1. The number of ether oxygens (including phenoxy) is 3. The number of methoxy groups -OCH3 is 3. The van der Waals surface area contributed by atoms with Crippen molar-refractivity contribution in [2.75, 3.05) is 37.6 Å². The maximum atomic E-state index is 13.8. The summed E-state index contributed by atoms with van der Waals surface area (Å²) in [5.41, 5.74) is -1.52. The van der Waals surface area contributed by atoms with E-state index in [0.717, 1.165) is 37.6 Å². The van der Waals surface area contributed by atoms with Crippen LogP contribution in [-0.4, -0.2) is 46.8 Å². The van der Waals surface area contributed by atoms with E-state index in [9.17, 15) is 27.7 Å². The van der Waals surface area contributed by atoms with Crippen molar-refractivity contribution >= 4 is 33.0 Å².